The van der Waals surface area contributed by atoms with Gasteiger partial charge in [-0.05, 0) is 24.1 Å². The third-order valence-corrected chi connectivity index (χ3v) is 2.61. The van der Waals surface area contributed by atoms with Crippen LogP contribution in [-0.4, -0.2) is 22.6 Å². The number of rotatable bonds is 4. The SMILES string of the molecule is O=C(NCCc1ccccc1)c1ccc(Cl)nn1. The monoisotopic (exact) mass is 261 g/mol. The Balaban J connectivity index is 1.84. The largest absolute Gasteiger partial charge is 0.350 e. The van der Waals surface area contributed by atoms with Crippen LogP contribution >= 0.6 is 11.6 Å². The Kier molecular flexibility index (Phi) is 4.25. The lowest BCUT2D eigenvalue weighted by Gasteiger charge is -2.04. The molecule has 1 N–H and O–H groups in total. The Morgan fingerprint density at radius 1 is 1.11 bits per heavy atom. The van der Waals surface area contributed by atoms with E-state index in [0.717, 1.165) is 6.42 Å². The van der Waals surface area contributed by atoms with Gasteiger partial charge in [-0.25, -0.2) is 0 Å². The van der Waals surface area contributed by atoms with E-state index in [-0.39, 0.29) is 16.8 Å². The fourth-order valence-corrected chi connectivity index (χ4v) is 1.59. The Hall–Kier alpha value is -1.94. The van der Waals surface area contributed by atoms with Crippen LogP contribution in [0.15, 0.2) is 42.5 Å². The molecular formula is C13H12ClN3O. The lowest BCUT2D eigenvalue weighted by atomic mass is 10.1. The highest BCUT2D eigenvalue weighted by atomic mass is 35.5. The van der Waals surface area contributed by atoms with Gasteiger partial charge in [-0.2, -0.15) is 0 Å². The number of hydrogen-bond acceptors (Lipinski definition) is 3. The first-order chi connectivity index (χ1) is 8.75. The summed E-state index contributed by atoms with van der Waals surface area (Å²) in [5, 5.41) is 10.4. The Morgan fingerprint density at radius 3 is 2.56 bits per heavy atom. The van der Waals surface area contributed by atoms with Crippen molar-refractivity contribution in [1.82, 2.24) is 15.5 Å². The summed E-state index contributed by atoms with van der Waals surface area (Å²) >= 11 is 5.60. The van der Waals surface area contributed by atoms with Crippen molar-refractivity contribution >= 4 is 17.5 Å². The minimum absolute atomic E-state index is 0.241. The van der Waals surface area contributed by atoms with Crippen molar-refractivity contribution < 1.29 is 4.79 Å². The van der Waals surface area contributed by atoms with Gasteiger partial charge >= 0.3 is 0 Å². The molecule has 0 bridgehead atoms. The molecule has 0 saturated heterocycles. The van der Waals surface area contributed by atoms with Crippen LogP contribution < -0.4 is 5.32 Å². The normalized spacial score (nSPS) is 10.1. The van der Waals surface area contributed by atoms with Crippen LogP contribution in [-0.2, 0) is 6.42 Å². The summed E-state index contributed by atoms with van der Waals surface area (Å²) in [6.45, 7) is 0.563. The summed E-state index contributed by atoms with van der Waals surface area (Å²) < 4.78 is 0. The van der Waals surface area contributed by atoms with E-state index in [1.165, 1.54) is 5.56 Å². The maximum Gasteiger partial charge on any atom is 0.271 e. The van der Waals surface area contributed by atoms with E-state index in [1.807, 2.05) is 30.3 Å². The Morgan fingerprint density at radius 2 is 1.89 bits per heavy atom. The average Bonchev–Trinajstić information content (AvgIpc) is 2.40. The number of benzene rings is 1. The third kappa shape index (κ3) is 3.53. The first kappa shape index (κ1) is 12.5. The van der Waals surface area contributed by atoms with Gasteiger partial charge in [-0.15, -0.1) is 10.2 Å². The molecular weight excluding hydrogens is 250 g/mol. The molecule has 0 aliphatic heterocycles. The average molecular weight is 262 g/mol. The summed E-state index contributed by atoms with van der Waals surface area (Å²) in [4.78, 5) is 11.7. The maximum absolute atomic E-state index is 11.7. The van der Waals surface area contributed by atoms with Gasteiger partial charge in [0.2, 0.25) is 0 Å². The first-order valence-corrected chi connectivity index (χ1v) is 5.95. The molecule has 1 aromatic carbocycles. The number of carbonyl (C=O) groups excluding carboxylic acids is 1. The summed E-state index contributed by atoms with van der Waals surface area (Å²) in [6, 6.07) is 13.0. The van der Waals surface area contributed by atoms with E-state index in [9.17, 15) is 4.79 Å². The number of nitrogens with one attached hydrogen (secondary N) is 1. The quantitative estimate of drug-likeness (QED) is 0.917. The molecule has 92 valence electrons. The molecule has 0 fully saturated rings. The van der Waals surface area contributed by atoms with Crippen LogP contribution in [0.2, 0.25) is 5.15 Å². The Labute approximate surface area is 110 Å². The number of nitrogens with zero attached hydrogens (tertiary/aromatic N) is 2. The van der Waals surface area contributed by atoms with E-state index in [1.54, 1.807) is 12.1 Å². The molecule has 0 saturated carbocycles. The molecule has 18 heavy (non-hydrogen) atoms. The highest BCUT2D eigenvalue weighted by Crippen LogP contribution is 2.02. The fourth-order valence-electron chi connectivity index (χ4n) is 1.49. The highest BCUT2D eigenvalue weighted by Gasteiger charge is 2.06. The lowest BCUT2D eigenvalue weighted by molar-refractivity contribution is 0.0948. The number of hydrogen-bond donors (Lipinski definition) is 1. The second kappa shape index (κ2) is 6.12. The smallest absolute Gasteiger partial charge is 0.271 e. The molecule has 0 unspecified atom stereocenters. The summed E-state index contributed by atoms with van der Waals surface area (Å²) in [6.07, 6.45) is 0.785. The van der Waals surface area contributed by atoms with Gasteiger partial charge in [0.05, 0.1) is 0 Å². The second-order valence-corrected chi connectivity index (χ2v) is 4.12. The Bertz CT molecular complexity index is 514. The molecule has 2 aromatic rings. The van der Waals surface area contributed by atoms with Crippen LogP contribution in [0.4, 0.5) is 0 Å². The molecule has 0 spiro atoms. The van der Waals surface area contributed by atoms with Gasteiger partial charge < -0.3 is 5.32 Å². The zero-order chi connectivity index (χ0) is 12.8. The van der Waals surface area contributed by atoms with Gasteiger partial charge in [0.1, 0.15) is 0 Å². The van der Waals surface area contributed by atoms with Crippen molar-refractivity contribution in [1.29, 1.82) is 0 Å². The molecule has 1 amide bonds. The number of halogens is 1. The van der Waals surface area contributed by atoms with Gasteiger partial charge in [0.15, 0.2) is 10.8 Å². The number of amides is 1. The molecule has 0 aliphatic carbocycles. The van der Waals surface area contributed by atoms with Crippen LogP contribution in [0.5, 0.6) is 0 Å². The second-order valence-electron chi connectivity index (χ2n) is 3.73. The summed E-state index contributed by atoms with van der Waals surface area (Å²) in [5.41, 5.74) is 1.45. The topological polar surface area (TPSA) is 54.9 Å². The minimum Gasteiger partial charge on any atom is -0.350 e. The molecule has 1 heterocycles. The predicted molar refractivity (Wildman–Crippen MR) is 69.5 cm³/mol. The summed E-state index contributed by atoms with van der Waals surface area (Å²) in [5.74, 6) is -0.241. The van der Waals surface area contributed by atoms with E-state index in [4.69, 9.17) is 11.6 Å². The van der Waals surface area contributed by atoms with Crippen molar-refractivity contribution in [3.63, 3.8) is 0 Å². The molecule has 0 atom stereocenters. The van der Waals surface area contributed by atoms with Crippen LogP contribution in [0.25, 0.3) is 0 Å². The highest BCUT2D eigenvalue weighted by molar-refractivity contribution is 6.29. The van der Waals surface area contributed by atoms with Gasteiger partial charge in [-0.3, -0.25) is 4.79 Å². The molecule has 5 heteroatoms. The standard InChI is InChI=1S/C13H12ClN3O/c14-12-7-6-11(16-17-12)13(18)15-9-8-10-4-2-1-3-5-10/h1-7H,8-9H2,(H,15,18). The van der Waals surface area contributed by atoms with Crippen molar-refractivity contribution in [2.45, 2.75) is 6.42 Å². The third-order valence-electron chi connectivity index (χ3n) is 2.41. The van der Waals surface area contributed by atoms with E-state index in [0.29, 0.717) is 6.54 Å². The van der Waals surface area contributed by atoms with E-state index in [2.05, 4.69) is 15.5 Å². The maximum atomic E-state index is 11.7. The molecule has 0 radical (unpaired) electrons. The molecule has 1 aromatic heterocycles. The van der Waals surface area contributed by atoms with Crippen molar-refractivity contribution in [3.05, 3.63) is 58.9 Å². The predicted octanol–water partition coefficient (Wildman–Crippen LogP) is 2.10. The van der Waals surface area contributed by atoms with E-state index >= 15 is 0 Å². The van der Waals surface area contributed by atoms with E-state index < -0.39 is 0 Å². The zero-order valence-electron chi connectivity index (χ0n) is 9.64. The van der Waals surface area contributed by atoms with Crippen LogP contribution in [0, 0.1) is 0 Å². The lowest BCUT2D eigenvalue weighted by Crippen LogP contribution is -2.26. The van der Waals surface area contributed by atoms with Crippen LogP contribution in [0.1, 0.15) is 16.1 Å². The molecule has 0 aliphatic rings. The fraction of sp³-hybridized carbons (Fsp3) is 0.154. The molecule has 4 nitrogen and oxygen atoms in total. The van der Waals surface area contributed by atoms with Gasteiger partial charge in [-0.1, -0.05) is 41.9 Å². The molecule has 2 rings (SSSR count). The number of carbonyl (C=O) groups is 1. The van der Waals surface area contributed by atoms with Crippen molar-refractivity contribution in [2.24, 2.45) is 0 Å². The minimum atomic E-state index is -0.241. The number of aromatic nitrogens is 2. The van der Waals surface area contributed by atoms with Gasteiger partial charge in [0.25, 0.3) is 5.91 Å². The first-order valence-electron chi connectivity index (χ1n) is 5.57. The van der Waals surface area contributed by atoms with Crippen molar-refractivity contribution in [2.75, 3.05) is 6.54 Å². The zero-order valence-corrected chi connectivity index (χ0v) is 10.4. The van der Waals surface area contributed by atoms with Crippen LogP contribution in [0.3, 0.4) is 0 Å². The van der Waals surface area contributed by atoms with Crippen molar-refractivity contribution in [3.8, 4) is 0 Å². The summed E-state index contributed by atoms with van der Waals surface area (Å²) in [7, 11) is 0. The van der Waals surface area contributed by atoms with Gasteiger partial charge in [0, 0.05) is 6.54 Å².